The zero-order chi connectivity index (χ0) is 14.1. The third kappa shape index (κ3) is 6.78. The minimum atomic E-state index is -0.449. The number of alkyl carbamates (subject to hydrolysis) is 1. The number of hydrogen-bond acceptors (Lipinski definition) is 4. The molecule has 0 aliphatic carbocycles. The summed E-state index contributed by atoms with van der Waals surface area (Å²) in [5.41, 5.74) is 0. The standard InChI is InChI=1S/C14H27NO4/c1-3-4-5-6-7-8-15-14(17)18-10-12-9-13(16)11(2)19-12/h11-13,16H,3-10H2,1-2H3,(H,15,17)/t11-,12-,13+/m0/s1. The predicted molar refractivity (Wildman–Crippen MR) is 73.1 cm³/mol. The van der Waals surface area contributed by atoms with Crippen molar-refractivity contribution in [3.05, 3.63) is 0 Å². The van der Waals surface area contributed by atoms with Crippen LogP contribution in [0.25, 0.3) is 0 Å². The zero-order valence-electron chi connectivity index (χ0n) is 12.1. The fourth-order valence-electron chi connectivity index (χ4n) is 2.16. The quantitative estimate of drug-likeness (QED) is 0.665. The number of unbranched alkanes of at least 4 members (excludes halogenated alkanes) is 4. The Kier molecular flexibility index (Phi) is 7.82. The minimum absolute atomic E-state index is 0.171. The second kappa shape index (κ2) is 9.15. The number of aliphatic hydroxyl groups is 1. The number of nitrogens with one attached hydrogen (secondary N) is 1. The van der Waals surface area contributed by atoms with Crippen molar-refractivity contribution in [1.82, 2.24) is 5.32 Å². The summed E-state index contributed by atoms with van der Waals surface area (Å²) in [6, 6.07) is 0. The molecule has 19 heavy (non-hydrogen) atoms. The molecule has 0 aromatic carbocycles. The van der Waals surface area contributed by atoms with E-state index >= 15 is 0 Å². The Morgan fingerprint density at radius 3 is 2.74 bits per heavy atom. The molecule has 5 nitrogen and oxygen atoms in total. The monoisotopic (exact) mass is 273 g/mol. The first-order chi connectivity index (χ1) is 9.13. The van der Waals surface area contributed by atoms with Gasteiger partial charge in [-0.25, -0.2) is 4.79 Å². The lowest BCUT2D eigenvalue weighted by molar-refractivity contribution is -0.00409. The van der Waals surface area contributed by atoms with Gasteiger partial charge in [0.15, 0.2) is 0 Å². The van der Waals surface area contributed by atoms with Crippen LogP contribution in [0.2, 0.25) is 0 Å². The molecule has 0 unspecified atom stereocenters. The molecule has 1 aliphatic heterocycles. The fraction of sp³-hybridized carbons (Fsp3) is 0.929. The first-order valence-electron chi connectivity index (χ1n) is 7.37. The number of rotatable bonds is 8. The average Bonchev–Trinajstić information content (AvgIpc) is 2.70. The van der Waals surface area contributed by atoms with Crippen LogP contribution in [-0.4, -0.2) is 42.7 Å². The van der Waals surface area contributed by atoms with Gasteiger partial charge in [-0.3, -0.25) is 0 Å². The Labute approximate surface area is 115 Å². The van der Waals surface area contributed by atoms with Crippen LogP contribution >= 0.6 is 0 Å². The second-order valence-corrected chi connectivity index (χ2v) is 5.21. The van der Waals surface area contributed by atoms with Gasteiger partial charge in [0.1, 0.15) is 6.61 Å². The maximum atomic E-state index is 11.4. The highest BCUT2D eigenvalue weighted by Gasteiger charge is 2.31. The highest BCUT2D eigenvalue weighted by Crippen LogP contribution is 2.19. The molecule has 0 saturated carbocycles. The van der Waals surface area contributed by atoms with Crippen LogP contribution in [0.3, 0.4) is 0 Å². The average molecular weight is 273 g/mol. The van der Waals surface area contributed by atoms with Gasteiger partial charge in [-0.1, -0.05) is 32.6 Å². The summed E-state index contributed by atoms with van der Waals surface area (Å²) in [4.78, 5) is 11.4. The molecular formula is C14H27NO4. The smallest absolute Gasteiger partial charge is 0.407 e. The molecule has 0 radical (unpaired) electrons. The van der Waals surface area contributed by atoms with Gasteiger partial charge in [0.05, 0.1) is 18.3 Å². The number of hydrogen-bond donors (Lipinski definition) is 2. The molecule has 0 aromatic heterocycles. The van der Waals surface area contributed by atoms with Crippen LogP contribution in [0, 0.1) is 0 Å². The molecular weight excluding hydrogens is 246 g/mol. The van der Waals surface area contributed by atoms with Gasteiger partial charge in [0.25, 0.3) is 0 Å². The van der Waals surface area contributed by atoms with Gasteiger partial charge in [-0.2, -0.15) is 0 Å². The molecule has 1 rings (SSSR count). The molecule has 1 amide bonds. The van der Waals surface area contributed by atoms with Crippen molar-refractivity contribution in [2.24, 2.45) is 0 Å². The van der Waals surface area contributed by atoms with Gasteiger partial charge < -0.3 is 19.9 Å². The second-order valence-electron chi connectivity index (χ2n) is 5.21. The fourth-order valence-corrected chi connectivity index (χ4v) is 2.16. The Hall–Kier alpha value is -0.810. The maximum Gasteiger partial charge on any atom is 0.407 e. The number of aliphatic hydroxyl groups excluding tert-OH is 1. The molecule has 1 aliphatic rings. The highest BCUT2D eigenvalue weighted by atomic mass is 16.6. The van der Waals surface area contributed by atoms with Crippen LogP contribution in [0.15, 0.2) is 0 Å². The van der Waals surface area contributed by atoms with Crippen LogP contribution in [0.1, 0.15) is 52.4 Å². The van der Waals surface area contributed by atoms with Gasteiger partial charge in [-0.15, -0.1) is 0 Å². The Morgan fingerprint density at radius 1 is 1.37 bits per heavy atom. The van der Waals surface area contributed by atoms with Gasteiger partial charge in [0.2, 0.25) is 0 Å². The third-order valence-corrected chi connectivity index (χ3v) is 3.40. The van der Waals surface area contributed by atoms with Crippen molar-refractivity contribution < 1.29 is 19.4 Å². The summed E-state index contributed by atoms with van der Waals surface area (Å²) < 4.78 is 10.5. The molecule has 1 fully saturated rings. The Bertz CT molecular complexity index is 250. The highest BCUT2D eigenvalue weighted by molar-refractivity contribution is 5.67. The SMILES string of the molecule is CCCCCCCNC(=O)OC[C@@H]1C[C@@H](O)[C@H](C)O1. The van der Waals surface area contributed by atoms with Crippen LogP contribution in [0.5, 0.6) is 0 Å². The topological polar surface area (TPSA) is 67.8 Å². The van der Waals surface area contributed by atoms with E-state index in [1.54, 1.807) is 0 Å². The molecule has 0 spiro atoms. The zero-order valence-corrected chi connectivity index (χ0v) is 12.1. The van der Waals surface area contributed by atoms with E-state index in [2.05, 4.69) is 12.2 Å². The van der Waals surface area contributed by atoms with E-state index in [-0.39, 0.29) is 18.8 Å². The molecule has 1 saturated heterocycles. The van der Waals surface area contributed by atoms with Crippen molar-refractivity contribution in [3.8, 4) is 0 Å². The van der Waals surface area contributed by atoms with Crippen molar-refractivity contribution in [2.75, 3.05) is 13.2 Å². The Morgan fingerprint density at radius 2 is 2.11 bits per heavy atom. The lowest BCUT2D eigenvalue weighted by atomic mass is 10.1. The summed E-state index contributed by atoms with van der Waals surface area (Å²) in [7, 11) is 0. The molecule has 0 bridgehead atoms. The minimum Gasteiger partial charge on any atom is -0.447 e. The maximum absolute atomic E-state index is 11.4. The van der Waals surface area contributed by atoms with E-state index in [0.29, 0.717) is 13.0 Å². The molecule has 0 aromatic rings. The third-order valence-electron chi connectivity index (χ3n) is 3.40. The van der Waals surface area contributed by atoms with E-state index in [1.807, 2.05) is 6.92 Å². The molecule has 5 heteroatoms. The van der Waals surface area contributed by atoms with Crippen LogP contribution < -0.4 is 5.32 Å². The molecule has 2 N–H and O–H groups in total. The van der Waals surface area contributed by atoms with E-state index in [4.69, 9.17) is 9.47 Å². The Balaban J connectivity index is 1.96. The van der Waals surface area contributed by atoms with Gasteiger partial charge in [0, 0.05) is 13.0 Å². The first-order valence-corrected chi connectivity index (χ1v) is 7.37. The van der Waals surface area contributed by atoms with Crippen LogP contribution in [0.4, 0.5) is 4.79 Å². The summed E-state index contributed by atoms with van der Waals surface area (Å²) in [6.07, 6.45) is 5.17. The van der Waals surface area contributed by atoms with E-state index in [9.17, 15) is 9.90 Å². The summed E-state index contributed by atoms with van der Waals surface area (Å²) >= 11 is 0. The van der Waals surface area contributed by atoms with E-state index in [1.165, 1.54) is 19.3 Å². The van der Waals surface area contributed by atoms with Crippen LogP contribution in [-0.2, 0) is 9.47 Å². The predicted octanol–water partition coefficient (Wildman–Crippen LogP) is 2.22. The van der Waals surface area contributed by atoms with E-state index < -0.39 is 12.2 Å². The molecule has 1 heterocycles. The summed E-state index contributed by atoms with van der Waals surface area (Å²) in [5, 5.41) is 12.2. The number of carbonyl (C=O) groups is 1. The van der Waals surface area contributed by atoms with Crippen molar-refractivity contribution >= 4 is 6.09 Å². The summed E-state index contributed by atoms with van der Waals surface area (Å²) in [6.45, 7) is 4.87. The van der Waals surface area contributed by atoms with Crippen molar-refractivity contribution in [3.63, 3.8) is 0 Å². The largest absolute Gasteiger partial charge is 0.447 e. The van der Waals surface area contributed by atoms with Crippen molar-refractivity contribution in [1.29, 1.82) is 0 Å². The molecule has 112 valence electrons. The van der Waals surface area contributed by atoms with Gasteiger partial charge in [-0.05, 0) is 13.3 Å². The number of ether oxygens (including phenoxy) is 2. The number of amides is 1. The summed E-state index contributed by atoms with van der Waals surface area (Å²) in [5.74, 6) is 0. The van der Waals surface area contributed by atoms with E-state index in [0.717, 1.165) is 12.8 Å². The lowest BCUT2D eigenvalue weighted by Gasteiger charge is -2.11. The molecule has 3 atom stereocenters. The number of carbonyl (C=O) groups excluding carboxylic acids is 1. The first kappa shape index (κ1) is 16.2. The lowest BCUT2D eigenvalue weighted by Crippen LogP contribution is -2.28. The van der Waals surface area contributed by atoms with Gasteiger partial charge >= 0.3 is 6.09 Å². The van der Waals surface area contributed by atoms with Crippen molar-refractivity contribution in [2.45, 2.75) is 70.7 Å². The normalized spacial score (nSPS) is 26.4.